The molecule has 1 aliphatic rings. The first-order valence-corrected chi connectivity index (χ1v) is 7.19. The average molecular weight is 260 g/mol. The van der Waals surface area contributed by atoms with Crippen molar-refractivity contribution in [2.24, 2.45) is 17.6 Å². The summed E-state index contributed by atoms with van der Waals surface area (Å²) >= 11 is 6.90. The number of thiocarbonyl (C=S) groups is 1. The molecule has 1 aliphatic heterocycles. The number of hydrogen-bond acceptors (Lipinski definition) is 3. The number of nitrogens with zero attached hydrogens (tertiary/aromatic N) is 1. The molecule has 3 nitrogen and oxygen atoms in total. The number of carbonyl (C=O) groups is 1. The van der Waals surface area contributed by atoms with Crippen LogP contribution in [0.1, 0.15) is 20.8 Å². The molecule has 1 rings (SSSR count). The van der Waals surface area contributed by atoms with Crippen molar-refractivity contribution >= 4 is 34.9 Å². The lowest BCUT2D eigenvalue weighted by molar-refractivity contribution is -0.135. The van der Waals surface area contributed by atoms with E-state index >= 15 is 0 Å². The van der Waals surface area contributed by atoms with Gasteiger partial charge in [-0.15, -0.1) is 0 Å². The van der Waals surface area contributed by atoms with E-state index in [0.29, 0.717) is 11.0 Å². The second kappa shape index (κ2) is 5.87. The molecule has 2 unspecified atom stereocenters. The van der Waals surface area contributed by atoms with E-state index in [1.54, 1.807) is 0 Å². The molecule has 1 heterocycles. The van der Waals surface area contributed by atoms with E-state index in [4.69, 9.17) is 18.0 Å². The van der Waals surface area contributed by atoms with Crippen LogP contribution in [0.3, 0.4) is 0 Å². The Hall–Kier alpha value is -0.290. The van der Waals surface area contributed by atoms with Crippen LogP contribution in [0.5, 0.6) is 0 Å². The molecule has 5 heteroatoms. The highest BCUT2D eigenvalue weighted by molar-refractivity contribution is 7.99. The second-order valence-corrected chi connectivity index (χ2v) is 6.20. The quantitative estimate of drug-likeness (QED) is 0.781. The number of nitrogens with two attached hydrogens (primary N) is 1. The van der Waals surface area contributed by atoms with Crippen molar-refractivity contribution in [1.82, 2.24) is 4.90 Å². The Morgan fingerprint density at radius 3 is 2.62 bits per heavy atom. The first-order chi connectivity index (χ1) is 7.45. The second-order valence-electron chi connectivity index (χ2n) is 4.58. The maximum absolute atomic E-state index is 12.3. The highest BCUT2D eigenvalue weighted by Crippen LogP contribution is 2.21. The molecule has 0 aromatic heterocycles. The van der Waals surface area contributed by atoms with Crippen molar-refractivity contribution < 1.29 is 4.79 Å². The summed E-state index contributed by atoms with van der Waals surface area (Å²) in [7, 11) is 0. The fourth-order valence-corrected chi connectivity index (χ4v) is 3.36. The van der Waals surface area contributed by atoms with Crippen LogP contribution >= 0.6 is 24.0 Å². The predicted molar refractivity (Wildman–Crippen MR) is 73.6 cm³/mol. The van der Waals surface area contributed by atoms with Gasteiger partial charge in [0.25, 0.3) is 0 Å². The van der Waals surface area contributed by atoms with Crippen LogP contribution in [-0.2, 0) is 4.79 Å². The van der Waals surface area contributed by atoms with Gasteiger partial charge in [-0.3, -0.25) is 4.79 Å². The molecule has 1 amide bonds. The minimum absolute atomic E-state index is 0.107. The Bertz CT molecular complexity index is 281. The highest BCUT2D eigenvalue weighted by atomic mass is 32.2. The van der Waals surface area contributed by atoms with Crippen molar-refractivity contribution in [3.8, 4) is 0 Å². The van der Waals surface area contributed by atoms with Gasteiger partial charge in [0.15, 0.2) is 0 Å². The lowest BCUT2D eigenvalue weighted by Gasteiger charge is -2.36. The summed E-state index contributed by atoms with van der Waals surface area (Å²) in [6.07, 6.45) is 0. The first-order valence-electron chi connectivity index (χ1n) is 5.62. The van der Waals surface area contributed by atoms with Gasteiger partial charge in [-0.2, -0.15) is 11.8 Å². The lowest BCUT2D eigenvalue weighted by atomic mass is 9.94. The summed E-state index contributed by atoms with van der Waals surface area (Å²) in [4.78, 5) is 14.6. The number of carbonyl (C=O) groups excluding carboxylic acids is 1. The van der Waals surface area contributed by atoms with Gasteiger partial charge in [-0.25, -0.2) is 0 Å². The molecule has 1 fully saturated rings. The number of hydrogen-bond donors (Lipinski definition) is 1. The zero-order chi connectivity index (χ0) is 12.3. The van der Waals surface area contributed by atoms with Gasteiger partial charge >= 0.3 is 0 Å². The van der Waals surface area contributed by atoms with Gasteiger partial charge < -0.3 is 10.6 Å². The SMILES string of the molecule is CC(C)C(C(=O)N1CCSCC1C)C(N)=S. The van der Waals surface area contributed by atoms with E-state index in [0.717, 1.165) is 18.1 Å². The summed E-state index contributed by atoms with van der Waals surface area (Å²) in [5.74, 6) is 1.99. The number of amides is 1. The molecule has 0 bridgehead atoms. The van der Waals surface area contributed by atoms with Crippen LogP contribution in [0.25, 0.3) is 0 Å². The minimum atomic E-state index is -0.305. The molecule has 2 N–H and O–H groups in total. The molecule has 1 saturated heterocycles. The average Bonchev–Trinajstić information content (AvgIpc) is 2.16. The normalized spacial score (nSPS) is 23.2. The van der Waals surface area contributed by atoms with Crippen molar-refractivity contribution in [3.05, 3.63) is 0 Å². The summed E-state index contributed by atoms with van der Waals surface area (Å²) in [5, 5.41) is 0. The Balaban J connectivity index is 2.77. The Kier molecular flexibility index (Phi) is 5.05. The zero-order valence-corrected chi connectivity index (χ0v) is 11.7. The van der Waals surface area contributed by atoms with Crippen molar-refractivity contribution in [1.29, 1.82) is 0 Å². The van der Waals surface area contributed by atoms with Crippen LogP contribution in [0, 0.1) is 11.8 Å². The van der Waals surface area contributed by atoms with E-state index in [2.05, 4.69) is 6.92 Å². The maximum Gasteiger partial charge on any atom is 0.233 e. The van der Waals surface area contributed by atoms with E-state index in [1.165, 1.54) is 0 Å². The van der Waals surface area contributed by atoms with Gasteiger partial charge in [-0.05, 0) is 12.8 Å². The van der Waals surface area contributed by atoms with Crippen LogP contribution in [0.15, 0.2) is 0 Å². The summed E-state index contributed by atoms with van der Waals surface area (Å²) in [6.45, 7) is 6.88. The van der Waals surface area contributed by atoms with Crippen LogP contribution in [0.2, 0.25) is 0 Å². The predicted octanol–water partition coefficient (Wildman–Crippen LogP) is 1.51. The molecule has 2 atom stereocenters. The van der Waals surface area contributed by atoms with Crippen molar-refractivity contribution in [3.63, 3.8) is 0 Å². The van der Waals surface area contributed by atoms with Gasteiger partial charge in [-0.1, -0.05) is 26.1 Å². The largest absolute Gasteiger partial charge is 0.393 e. The molecule has 0 aromatic carbocycles. The third-order valence-electron chi connectivity index (χ3n) is 2.89. The molecule has 16 heavy (non-hydrogen) atoms. The third-order valence-corrected chi connectivity index (χ3v) is 4.33. The number of rotatable bonds is 3. The molecule has 0 aromatic rings. The van der Waals surface area contributed by atoms with Crippen LogP contribution in [-0.4, -0.2) is 39.9 Å². The number of thioether (sulfide) groups is 1. The van der Waals surface area contributed by atoms with E-state index in [9.17, 15) is 4.79 Å². The van der Waals surface area contributed by atoms with Crippen molar-refractivity contribution in [2.45, 2.75) is 26.8 Å². The Morgan fingerprint density at radius 1 is 1.56 bits per heavy atom. The summed E-state index contributed by atoms with van der Waals surface area (Å²) in [6, 6.07) is 0.293. The van der Waals surface area contributed by atoms with E-state index in [-0.39, 0.29) is 17.7 Å². The zero-order valence-electron chi connectivity index (χ0n) is 10.1. The summed E-state index contributed by atoms with van der Waals surface area (Å²) < 4.78 is 0. The molecule has 0 aliphatic carbocycles. The first kappa shape index (κ1) is 13.8. The maximum atomic E-state index is 12.3. The Labute approximate surface area is 107 Å². The molecule has 0 saturated carbocycles. The Morgan fingerprint density at radius 2 is 2.19 bits per heavy atom. The summed E-state index contributed by atoms with van der Waals surface area (Å²) in [5.41, 5.74) is 5.67. The molecular formula is C11H20N2OS2. The third kappa shape index (κ3) is 3.10. The monoisotopic (exact) mass is 260 g/mol. The standard InChI is InChI=1S/C11H20N2OS2/c1-7(2)9(10(12)15)11(14)13-4-5-16-6-8(13)3/h7-9H,4-6H2,1-3H3,(H2,12,15). The van der Waals surface area contributed by atoms with E-state index < -0.39 is 0 Å². The molecular weight excluding hydrogens is 240 g/mol. The fourth-order valence-electron chi connectivity index (χ4n) is 1.97. The van der Waals surface area contributed by atoms with E-state index in [1.807, 2.05) is 30.5 Å². The molecule has 92 valence electrons. The highest BCUT2D eigenvalue weighted by Gasteiger charge is 2.32. The van der Waals surface area contributed by atoms with Crippen LogP contribution in [0.4, 0.5) is 0 Å². The van der Waals surface area contributed by atoms with Gasteiger partial charge in [0.1, 0.15) is 0 Å². The van der Waals surface area contributed by atoms with Crippen molar-refractivity contribution in [2.75, 3.05) is 18.1 Å². The lowest BCUT2D eigenvalue weighted by Crippen LogP contribution is -2.50. The molecule has 0 radical (unpaired) electrons. The van der Waals surface area contributed by atoms with Gasteiger partial charge in [0.05, 0.1) is 10.9 Å². The topological polar surface area (TPSA) is 46.3 Å². The van der Waals surface area contributed by atoms with Gasteiger partial charge in [0.2, 0.25) is 5.91 Å². The van der Waals surface area contributed by atoms with Crippen LogP contribution < -0.4 is 5.73 Å². The fraction of sp³-hybridized carbons (Fsp3) is 0.818. The smallest absolute Gasteiger partial charge is 0.233 e. The molecule has 0 spiro atoms. The van der Waals surface area contributed by atoms with Gasteiger partial charge in [0, 0.05) is 24.1 Å². The minimum Gasteiger partial charge on any atom is -0.393 e.